The fraction of sp³-hybridized carbons (Fsp3) is 0.571. The number of nitrogens with zero attached hydrogens (tertiary/aromatic N) is 2. The van der Waals surface area contributed by atoms with Crippen LogP contribution in [0.2, 0.25) is 0 Å². The van der Waals surface area contributed by atoms with Gasteiger partial charge in [-0.2, -0.15) is 0 Å². The molecule has 2 aliphatic heterocycles. The first-order chi connectivity index (χ1) is 13.2. The Balaban J connectivity index is 1.57. The van der Waals surface area contributed by atoms with E-state index in [1.807, 2.05) is 45.0 Å². The van der Waals surface area contributed by atoms with Crippen LogP contribution in [0.3, 0.4) is 0 Å². The van der Waals surface area contributed by atoms with Gasteiger partial charge in [-0.3, -0.25) is 14.4 Å². The summed E-state index contributed by atoms with van der Waals surface area (Å²) >= 11 is 0. The molecule has 1 aromatic carbocycles. The first-order valence-electron chi connectivity index (χ1n) is 9.76. The largest absolute Gasteiger partial charge is 0.452 e. The summed E-state index contributed by atoms with van der Waals surface area (Å²) in [4.78, 5) is 40.8. The number of aryl methyl sites for hydroxylation is 1. The van der Waals surface area contributed by atoms with Crippen molar-refractivity contribution in [1.29, 1.82) is 0 Å². The summed E-state index contributed by atoms with van der Waals surface area (Å²) in [6.07, 6.45) is -0.884. The lowest BCUT2D eigenvalue weighted by Crippen LogP contribution is -2.51. The molecule has 2 aliphatic rings. The summed E-state index contributed by atoms with van der Waals surface area (Å²) in [5, 5.41) is 0. The van der Waals surface area contributed by atoms with Gasteiger partial charge in [-0.1, -0.05) is 17.7 Å². The molecular weight excluding hydrogens is 360 g/mol. The Bertz CT molecular complexity index is 738. The van der Waals surface area contributed by atoms with E-state index >= 15 is 0 Å². The van der Waals surface area contributed by atoms with Crippen LogP contribution in [0.25, 0.3) is 0 Å². The zero-order valence-corrected chi connectivity index (χ0v) is 16.9. The Hall–Kier alpha value is -2.41. The molecule has 4 atom stereocenters. The number of carbonyl (C=O) groups is 3. The molecule has 0 spiro atoms. The van der Waals surface area contributed by atoms with E-state index in [1.165, 1.54) is 0 Å². The number of carbonyl (C=O) groups excluding carboxylic acids is 3. The zero-order chi connectivity index (χ0) is 20.4. The molecule has 0 N–H and O–H groups in total. The predicted molar refractivity (Wildman–Crippen MR) is 104 cm³/mol. The summed E-state index contributed by atoms with van der Waals surface area (Å²) in [7, 11) is 0. The van der Waals surface area contributed by atoms with Gasteiger partial charge in [0.1, 0.15) is 0 Å². The van der Waals surface area contributed by atoms with Crippen LogP contribution < -0.4 is 4.90 Å². The normalized spacial score (nSPS) is 26.3. The number of amides is 2. The summed E-state index contributed by atoms with van der Waals surface area (Å²) in [5.41, 5.74) is 1.87. The minimum atomic E-state index is -0.881. The third-order valence-corrected chi connectivity index (χ3v) is 5.18. The first kappa shape index (κ1) is 20.3. The van der Waals surface area contributed by atoms with Crippen molar-refractivity contribution >= 4 is 23.5 Å². The van der Waals surface area contributed by atoms with Gasteiger partial charge in [-0.05, 0) is 39.8 Å². The molecule has 0 aliphatic carbocycles. The monoisotopic (exact) mass is 388 g/mol. The van der Waals surface area contributed by atoms with Crippen LogP contribution in [0, 0.1) is 12.8 Å². The molecule has 0 radical (unpaired) electrons. The minimum Gasteiger partial charge on any atom is -0.452 e. The van der Waals surface area contributed by atoms with Crippen LogP contribution in [0.15, 0.2) is 24.3 Å². The van der Waals surface area contributed by atoms with Crippen molar-refractivity contribution in [2.24, 2.45) is 5.92 Å². The molecular formula is C21H28N2O5. The third-order valence-electron chi connectivity index (χ3n) is 5.18. The van der Waals surface area contributed by atoms with Gasteiger partial charge in [-0.15, -0.1) is 0 Å². The topological polar surface area (TPSA) is 76.2 Å². The number of rotatable bonds is 4. The smallest absolute Gasteiger partial charge is 0.312 e. The Morgan fingerprint density at radius 1 is 1.11 bits per heavy atom. The summed E-state index contributed by atoms with van der Waals surface area (Å²) in [6.45, 7) is 8.62. The van der Waals surface area contributed by atoms with E-state index in [0.29, 0.717) is 13.1 Å². The molecule has 0 unspecified atom stereocenters. The first-order valence-corrected chi connectivity index (χ1v) is 9.76. The second kappa shape index (κ2) is 8.31. The number of anilines is 1. The van der Waals surface area contributed by atoms with Gasteiger partial charge >= 0.3 is 5.97 Å². The molecule has 2 heterocycles. The second-order valence-corrected chi connectivity index (χ2v) is 7.82. The van der Waals surface area contributed by atoms with Crippen LogP contribution in [0.5, 0.6) is 0 Å². The van der Waals surface area contributed by atoms with Gasteiger partial charge in [0.25, 0.3) is 5.91 Å². The third kappa shape index (κ3) is 4.52. The maximum Gasteiger partial charge on any atom is 0.312 e. The average molecular weight is 388 g/mol. The fourth-order valence-corrected chi connectivity index (χ4v) is 3.78. The summed E-state index contributed by atoms with van der Waals surface area (Å²) in [5.74, 6) is -1.40. The van der Waals surface area contributed by atoms with Crippen LogP contribution in [-0.2, 0) is 23.9 Å². The van der Waals surface area contributed by atoms with E-state index in [2.05, 4.69) is 0 Å². The van der Waals surface area contributed by atoms with Gasteiger partial charge in [0.15, 0.2) is 6.10 Å². The molecule has 3 rings (SSSR count). The molecule has 2 amide bonds. The van der Waals surface area contributed by atoms with Crippen molar-refractivity contribution in [2.75, 3.05) is 24.5 Å². The standard InChI is InChI=1S/C21H28N2O5/c1-13-5-7-18(8-6-13)23-12-17(9-19(23)24)21(26)28-16(4)20(25)22-10-14(2)27-15(3)11-22/h5-8,14-17H,9-12H2,1-4H3/t14-,15+,16-,17-/m1/s1. The van der Waals surface area contributed by atoms with Crippen LogP contribution in [0.4, 0.5) is 5.69 Å². The Morgan fingerprint density at radius 3 is 2.32 bits per heavy atom. The van der Waals surface area contributed by atoms with E-state index in [9.17, 15) is 14.4 Å². The lowest BCUT2D eigenvalue weighted by molar-refractivity contribution is -0.166. The van der Waals surface area contributed by atoms with Gasteiger partial charge < -0.3 is 19.3 Å². The predicted octanol–water partition coefficient (Wildman–Crippen LogP) is 1.92. The van der Waals surface area contributed by atoms with Crippen LogP contribution in [-0.4, -0.2) is 60.6 Å². The van der Waals surface area contributed by atoms with Crippen molar-refractivity contribution in [3.63, 3.8) is 0 Å². The minimum absolute atomic E-state index is 0.0499. The Kier molecular flexibility index (Phi) is 6.03. The van der Waals surface area contributed by atoms with Gasteiger partial charge in [0.2, 0.25) is 5.91 Å². The molecule has 0 aromatic heterocycles. The van der Waals surface area contributed by atoms with Crippen molar-refractivity contribution in [1.82, 2.24) is 4.90 Å². The van der Waals surface area contributed by atoms with E-state index in [4.69, 9.17) is 9.47 Å². The van der Waals surface area contributed by atoms with Gasteiger partial charge in [0, 0.05) is 31.7 Å². The number of hydrogen-bond donors (Lipinski definition) is 0. The molecule has 2 fully saturated rings. The summed E-state index contributed by atoms with van der Waals surface area (Å²) < 4.78 is 11.1. The summed E-state index contributed by atoms with van der Waals surface area (Å²) in [6, 6.07) is 7.60. The fourth-order valence-electron chi connectivity index (χ4n) is 3.78. The van der Waals surface area contributed by atoms with E-state index in [-0.39, 0.29) is 37.0 Å². The highest BCUT2D eigenvalue weighted by Crippen LogP contribution is 2.26. The molecule has 28 heavy (non-hydrogen) atoms. The average Bonchev–Trinajstić information content (AvgIpc) is 3.02. The highest BCUT2D eigenvalue weighted by Gasteiger charge is 2.38. The molecule has 7 nitrogen and oxygen atoms in total. The molecule has 0 bridgehead atoms. The molecule has 1 aromatic rings. The number of benzene rings is 1. The molecule has 152 valence electrons. The van der Waals surface area contributed by atoms with Crippen molar-refractivity contribution in [3.05, 3.63) is 29.8 Å². The van der Waals surface area contributed by atoms with Crippen LogP contribution in [0.1, 0.15) is 32.8 Å². The second-order valence-electron chi connectivity index (χ2n) is 7.82. The molecule has 2 saturated heterocycles. The van der Waals surface area contributed by atoms with E-state index in [1.54, 1.807) is 16.7 Å². The Labute approximate surface area is 165 Å². The SMILES string of the molecule is Cc1ccc(N2C[C@H](C(=O)O[C@H](C)C(=O)N3C[C@@H](C)O[C@@H](C)C3)CC2=O)cc1. The van der Waals surface area contributed by atoms with Crippen molar-refractivity contribution < 1.29 is 23.9 Å². The maximum absolute atomic E-state index is 12.6. The van der Waals surface area contributed by atoms with Gasteiger partial charge in [-0.25, -0.2) is 0 Å². The van der Waals surface area contributed by atoms with Crippen molar-refractivity contribution in [2.45, 2.75) is 52.4 Å². The number of ether oxygens (including phenoxy) is 2. The highest BCUT2D eigenvalue weighted by atomic mass is 16.5. The van der Waals surface area contributed by atoms with Crippen molar-refractivity contribution in [3.8, 4) is 0 Å². The van der Waals surface area contributed by atoms with E-state index in [0.717, 1.165) is 11.3 Å². The molecule has 0 saturated carbocycles. The lowest BCUT2D eigenvalue weighted by Gasteiger charge is -2.36. The number of morpholine rings is 1. The lowest BCUT2D eigenvalue weighted by atomic mass is 10.1. The number of hydrogen-bond acceptors (Lipinski definition) is 5. The van der Waals surface area contributed by atoms with E-state index < -0.39 is 18.0 Å². The Morgan fingerprint density at radius 2 is 1.71 bits per heavy atom. The molecule has 7 heteroatoms. The van der Waals surface area contributed by atoms with Gasteiger partial charge in [0.05, 0.1) is 18.1 Å². The zero-order valence-electron chi connectivity index (χ0n) is 16.9. The number of esters is 1. The van der Waals surface area contributed by atoms with Crippen LogP contribution >= 0.6 is 0 Å². The maximum atomic E-state index is 12.6. The highest BCUT2D eigenvalue weighted by molar-refractivity contribution is 5.99. The quantitative estimate of drug-likeness (QED) is 0.737.